The van der Waals surface area contributed by atoms with E-state index in [1.54, 1.807) is 13.0 Å². The van der Waals surface area contributed by atoms with E-state index >= 15 is 0 Å². The van der Waals surface area contributed by atoms with E-state index in [1.165, 1.54) is 39.5 Å². The van der Waals surface area contributed by atoms with Crippen molar-refractivity contribution in [3.8, 4) is 6.07 Å². The molecule has 0 radical (unpaired) electrons. The van der Waals surface area contributed by atoms with Crippen LogP contribution in [0.15, 0.2) is 0 Å². The van der Waals surface area contributed by atoms with Gasteiger partial charge in [-0.05, 0) is 6.92 Å². The number of carbonyl (C=O) groups excluding carboxylic acids is 1. The molecule has 0 saturated heterocycles. The number of aliphatic hydroxyl groups excluding tert-OH is 1. The topological polar surface area (TPSA) is 102 Å². The predicted octanol–water partition coefficient (Wildman–Crippen LogP) is 2.47. The third-order valence-electron chi connectivity index (χ3n) is 1.30. The second-order valence-corrected chi connectivity index (χ2v) is 2.86. The van der Waals surface area contributed by atoms with Gasteiger partial charge in [0.2, 0.25) is 0 Å². The van der Waals surface area contributed by atoms with E-state index in [-0.39, 0.29) is 11.4 Å². The molecule has 0 fully saturated rings. The first-order valence-corrected chi connectivity index (χ1v) is 5.99. The van der Waals surface area contributed by atoms with Crippen molar-refractivity contribution in [2.45, 2.75) is 60.3 Å². The first-order valence-electron chi connectivity index (χ1n) is 5.99. The fourth-order valence-electron chi connectivity index (χ4n) is 0.703. The summed E-state index contributed by atoms with van der Waals surface area (Å²) < 4.78 is 4.40. The van der Waals surface area contributed by atoms with Crippen molar-refractivity contribution in [2.24, 2.45) is 0 Å². The van der Waals surface area contributed by atoms with Crippen molar-refractivity contribution in [1.82, 2.24) is 0 Å². The van der Waals surface area contributed by atoms with Gasteiger partial charge in [-0.1, -0.05) is 39.5 Å². The molecular weight excluding hydrogens is 234 g/mol. The molecule has 0 aliphatic carbocycles. The first kappa shape index (κ1) is 30.2. The van der Waals surface area contributed by atoms with Gasteiger partial charge in [0.05, 0.1) is 12.7 Å². The van der Waals surface area contributed by atoms with Gasteiger partial charge in [-0.3, -0.25) is 4.79 Å². The summed E-state index contributed by atoms with van der Waals surface area (Å²) in [4.78, 5) is 9.82. The van der Waals surface area contributed by atoms with Crippen molar-refractivity contribution < 1.29 is 20.1 Å². The first-order chi connectivity index (χ1) is 8.10. The number of aliphatic hydroxyl groups is 1. The molecule has 5 heteroatoms. The lowest BCUT2D eigenvalue weighted by Crippen LogP contribution is -1.95. The summed E-state index contributed by atoms with van der Waals surface area (Å²) in [6, 6.07) is 1.75. The number of unbranched alkanes of at least 4 members (excludes halogenated alkanes) is 3. The van der Waals surface area contributed by atoms with E-state index < -0.39 is 0 Å². The SMILES string of the molecule is CC#N.CCCCCC.CCOC(C)=O.CO.O. The summed E-state index contributed by atoms with van der Waals surface area (Å²) in [5.74, 6) is -0.211. The van der Waals surface area contributed by atoms with E-state index in [9.17, 15) is 4.79 Å². The molecule has 0 aliphatic heterocycles. The van der Waals surface area contributed by atoms with Crippen LogP contribution in [-0.2, 0) is 9.53 Å². The van der Waals surface area contributed by atoms with Crippen LogP contribution in [0.25, 0.3) is 0 Å². The average molecular weight is 265 g/mol. The van der Waals surface area contributed by atoms with Crippen molar-refractivity contribution in [2.75, 3.05) is 13.7 Å². The lowest BCUT2D eigenvalue weighted by Gasteiger charge is -1.89. The summed E-state index contributed by atoms with van der Waals surface area (Å²) in [6.45, 7) is 9.55. The van der Waals surface area contributed by atoms with E-state index in [0.29, 0.717) is 6.61 Å². The Kier molecular flexibility index (Phi) is 74.7. The summed E-state index contributed by atoms with van der Waals surface area (Å²) in [7, 11) is 1.00. The second kappa shape index (κ2) is 44.6. The van der Waals surface area contributed by atoms with Crippen LogP contribution in [0.1, 0.15) is 60.3 Å². The maximum atomic E-state index is 9.82. The number of nitriles is 1. The van der Waals surface area contributed by atoms with E-state index in [0.717, 1.165) is 7.11 Å². The van der Waals surface area contributed by atoms with Gasteiger partial charge >= 0.3 is 5.97 Å². The molecule has 0 bridgehead atoms. The van der Waals surface area contributed by atoms with Crippen LogP contribution in [0, 0.1) is 11.3 Å². The van der Waals surface area contributed by atoms with Crippen LogP contribution in [0.4, 0.5) is 0 Å². The Morgan fingerprint density at radius 3 is 1.50 bits per heavy atom. The molecule has 112 valence electrons. The molecule has 5 nitrogen and oxygen atoms in total. The third-order valence-corrected chi connectivity index (χ3v) is 1.30. The Labute approximate surface area is 112 Å². The van der Waals surface area contributed by atoms with E-state index in [2.05, 4.69) is 18.6 Å². The van der Waals surface area contributed by atoms with Gasteiger partial charge in [0.1, 0.15) is 0 Å². The smallest absolute Gasteiger partial charge is 0.302 e. The molecule has 0 saturated carbocycles. The molecule has 0 atom stereocenters. The molecule has 0 aromatic rings. The number of hydrogen-bond donors (Lipinski definition) is 1. The van der Waals surface area contributed by atoms with Crippen LogP contribution >= 0.6 is 0 Å². The van der Waals surface area contributed by atoms with Gasteiger partial charge in [-0.2, -0.15) is 5.26 Å². The van der Waals surface area contributed by atoms with E-state index in [1.807, 2.05) is 0 Å². The summed E-state index contributed by atoms with van der Waals surface area (Å²) in [5, 5.41) is 14.3. The molecular formula is C13H31NO4. The van der Waals surface area contributed by atoms with Gasteiger partial charge in [0.15, 0.2) is 0 Å². The fourth-order valence-corrected chi connectivity index (χ4v) is 0.703. The minimum Gasteiger partial charge on any atom is -0.466 e. The number of ether oxygens (including phenoxy) is 1. The molecule has 0 heterocycles. The Morgan fingerprint density at radius 1 is 1.17 bits per heavy atom. The normalized spacial score (nSPS) is 6.33. The number of nitrogens with zero attached hydrogens (tertiary/aromatic N) is 1. The van der Waals surface area contributed by atoms with Crippen molar-refractivity contribution in [3.05, 3.63) is 0 Å². The fraction of sp³-hybridized carbons (Fsp3) is 0.846. The highest BCUT2D eigenvalue weighted by atomic mass is 16.5. The lowest BCUT2D eigenvalue weighted by molar-refractivity contribution is -0.140. The Morgan fingerprint density at radius 2 is 1.44 bits per heavy atom. The monoisotopic (exact) mass is 265 g/mol. The molecule has 0 spiro atoms. The lowest BCUT2D eigenvalue weighted by atomic mass is 10.2. The maximum absolute atomic E-state index is 9.82. The minimum absolute atomic E-state index is 0. The number of hydrogen-bond acceptors (Lipinski definition) is 4. The zero-order valence-electron chi connectivity index (χ0n) is 12.7. The number of esters is 1. The van der Waals surface area contributed by atoms with Gasteiger partial charge in [0.25, 0.3) is 0 Å². The molecule has 0 aromatic carbocycles. The van der Waals surface area contributed by atoms with Crippen LogP contribution in [0.5, 0.6) is 0 Å². The summed E-state index contributed by atoms with van der Waals surface area (Å²) in [6.07, 6.45) is 5.54. The predicted molar refractivity (Wildman–Crippen MR) is 75.2 cm³/mol. The van der Waals surface area contributed by atoms with Crippen LogP contribution < -0.4 is 0 Å². The largest absolute Gasteiger partial charge is 0.466 e. The maximum Gasteiger partial charge on any atom is 0.302 e. The molecule has 0 rings (SSSR count). The van der Waals surface area contributed by atoms with Crippen molar-refractivity contribution in [1.29, 1.82) is 5.26 Å². The Bertz CT molecular complexity index is 152. The van der Waals surface area contributed by atoms with Gasteiger partial charge in [-0.15, -0.1) is 0 Å². The molecule has 0 amide bonds. The van der Waals surface area contributed by atoms with E-state index in [4.69, 9.17) is 10.4 Å². The highest BCUT2D eigenvalue weighted by Gasteiger charge is 1.81. The summed E-state index contributed by atoms with van der Waals surface area (Å²) in [5.41, 5.74) is 0. The van der Waals surface area contributed by atoms with Crippen LogP contribution in [0.3, 0.4) is 0 Å². The zero-order chi connectivity index (χ0) is 14.5. The third kappa shape index (κ3) is 120. The Hall–Kier alpha value is -1.12. The molecule has 18 heavy (non-hydrogen) atoms. The van der Waals surface area contributed by atoms with Crippen molar-refractivity contribution in [3.63, 3.8) is 0 Å². The van der Waals surface area contributed by atoms with Gasteiger partial charge in [0, 0.05) is 21.0 Å². The van der Waals surface area contributed by atoms with Crippen molar-refractivity contribution >= 4 is 5.97 Å². The van der Waals surface area contributed by atoms with Crippen LogP contribution in [0.2, 0.25) is 0 Å². The molecule has 3 N–H and O–H groups in total. The van der Waals surface area contributed by atoms with Crippen LogP contribution in [-0.4, -0.2) is 30.3 Å². The zero-order valence-corrected chi connectivity index (χ0v) is 12.7. The molecule has 0 unspecified atom stereocenters. The van der Waals surface area contributed by atoms with Gasteiger partial charge < -0.3 is 15.3 Å². The highest BCUT2D eigenvalue weighted by Crippen LogP contribution is 1.95. The standard InChI is InChI=1S/C6H14.C4H8O2.C2H3N.CH4O.H2O/c1-3-5-6-4-2;1-3-6-4(2)5;1-2-3;1-2;/h3-6H2,1-2H3;3H2,1-2H3;1H3;2H,1H3;1H2. The molecule has 0 aliphatic rings. The molecule has 0 aromatic heterocycles. The minimum atomic E-state index is -0.211. The Balaban J connectivity index is -0.0000000446. The highest BCUT2D eigenvalue weighted by molar-refractivity contribution is 5.65. The number of rotatable bonds is 4. The van der Waals surface area contributed by atoms with Gasteiger partial charge in [-0.25, -0.2) is 0 Å². The number of carbonyl (C=O) groups is 1. The second-order valence-electron chi connectivity index (χ2n) is 2.86. The quantitative estimate of drug-likeness (QED) is 0.623. The average Bonchev–Trinajstić information content (AvgIpc) is 2.31. The summed E-state index contributed by atoms with van der Waals surface area (Å²) >= 11 is 0.